The Morgan fingerprint density at radius 1 is 0.312 bits per heavy atom. The van der Waals surface area contributed by atoms with Crippen LogP contribution in [0.5, 0.6) is 0 Å². The zero-order valence-corrected chi connectivity index (χ0v) is 43.1. The zero-order valence-electron chi connectivity index (χ0n) is 43.1. The number of rotatable bonds is 6. The molecule has 17 rings (SSSR count). The maximum absolute atomic E-state index is 6.46. The van der Waals surface area contributed by atoms with Gasteiger partial charge < -0.3 is 23.0 Å². The maximum atomic E-state index is 6.46. The largest absolute Gasteiger partial charge is 0.456 e. The summed E-state index contributed by atoms with van der Waals surface area (Å²) in [4.78, 5) is 5.00. The van der Waals surface area contributed by atoms with Gasteiger partial charge in [-0.15, -0.1) is 0 Å². The zero-order chi connectivity index (χ0) is 51.1. The van der Waals surface area contributed by atoms with E-state index in [2.05, 4.69) is 271 Å². The Hall–Kier alpha value is -9.58. The average molecular weight is 987 g/mol. The summed E-state index contributed by atoms with van der Waals surface area (Å²) in [5.41, 5.74) is 25.8. The highest BCUT2D eigenvalue weighted by Gasteiger charge is 2.38. The molecule has 0 unspecified atom stereocenters. The van der Waals surface area contributed by atoms with Gasteiger partial charge in [-0.1, -0.05) is 161 Å². The summed E-state index contributed by atoms with van der Waals surface area (Å²) in [5, 5.41) is 7.04. The lowest BCUT2D eigenvalue weighted by atomic mass is 9.82. The number of nitrogens with zero attached hydrogens (tertiary/aromatic N) is 4. The predicted octanol–water partition coefficient (Wildman–Crippen LogP) is 19.7. The SMILES string of the molecule is CC1(C)c2ccccc2-c2ccc(N(c3ccccc3)c3ccc4c5c3c3ccccc3n5c3ccc(N(c5ccc6c(c5)C(C)(C)c5ccccc5-6)c5ccc6oc7ccccc7c6c5)c5c6ccccc6n4c53)cc21. The first kappa shape index (κ1) is 42.7. The Balaban J connectivity index is 0.953. The molecule has 0 saturated heterocycles. The van der Waals surface area contributed by atoms with Crippen LogP contribution in [0, 0.1) is 0 Å². The monoisotopic (exact) mass is 986 g/mol. The molecule has 0 bridgehead atoms. The third kappa shape index (κ3) is 5.57. The molecule has 0 aliphatic heterocycles. The lowest BCUT2D eigenvalue weighted by Crippen LogP contribution is -2.16. The molecule has 15 aromatic rings. The average Bonchev–Trinajstić information content (AvgIpc) is 4.27. The first-order valence-electron chi connectivity index (χ1n) is 26.9. The quantitative estimate of drug-likeness (QED) is 0.155. The normalized spacial score (nSPS) is 14.2. The summed E-state index contributed by atoms with van der Waals surface area (Å²) >= 11 is 0. The molecule has 0 N–H and O–H groups in total. The first-order valence-corrected chi connectivity index (χ1v) is 26.9. The highest BCUT2D eigenvalue weighted by atomic mass is 16.3. The van der Waals surface area contributed by atoms with E-state index >= 15 is 0 Å². The van der Waals surface area contributed by atoms with Gasteiger partial charge in [0.25, 0.3) is 0 Å². The number of fused-ring (bicyclic) bond motifs is 17. The standard InChI is InChI=1S/C72H50N4O/c1-71(2)55-25-13-8-20-47(55)49-33-30-45(41-57(49)71)73(43-18-6-5-7-19-43)61-35-37-63-69-67(61)52-23-10-15-27-59(52)75(69)64-38-36-62(68-53-24-11-16-28-60(53)76(63)70(64)68)74(44-32-39-66-54(40-44)51-22-12-17-29-65(51)77-66)46-31-34-50-48-21-9-14-26-56(48)72(3,4)58(50)42-46/h5-42H,1-4H3. The highest BCUT2D eigenvalue weighted by molar-refractivity contribution is 6.27. The molecule has 4 aromatic heterocycles. The van der Waals surface area contributed by atoms with Crippen molar-refractivity contribution in [3.8, 4) is 22.3 Å². The molecule has 2 aliphatic rings. The molecular weight excluding hydrogens is 937 g/mol. The van der Waals surface area contributed by atoms with Gasteiger partial charge in [-0.05, 0) is 142 Å². The topological polar surface area (TPSA) is 28.4 Å². The molecule has 0 atom stereocenters. The number of anilines is 6. The number of hydrogen-bond acceptors (Lipinski definition) is 3. The van der Waals surface area contributed by atoms with Gasteiger partial charge >= 0.3 is 0 Å². The van der Waals surface area contributed by atoms with E-state index in [9.17, 15) is 0 Å². The minimum Gasteiger partial charge on any atom is -0.456 e. The Kier molecular flexibility index (Phi) is 8.36. The minimum absolute atomic E-state index is 0.150. The number of aromatic nitrogens is 2. The Labute approximate surface area is 445 Å². The van der Waals surface area contributed by atoms with Crippen molar-refractivity contribution in [1.29, 1.82) is 0 Å². The molecule has 0 spiro atoms. The number of benzene rings is 11. The summed E-state index contributed by atoms with van der Waals surface area (Å²) in [6.45, 7) is 9.49. The smallest absolute Gasteiger partial charge is 0.135 e. The van der Waals surface area contributed by atoms with E-state index in [1.807, 2.05) is 6.07 Å². The van der Waals surface area contributed by atoms with Crippen LogP contribution in [0.4, 0.5) is 34.1 Å². The Morgan fingerprint density at radius 3 is 1.31 bits per heavy atom. The van der Waals surface area contributed by atoms with Crippen LogP contribution < -0.4 is 9.80 Å². The van der Waals surface area contributed by atoms with Crippen molar-refractivity contribution >= 4 is 111 Å². The van der Waals surface area contributed by atoms with Crippen LogP contribution >= 0.6 is 0 Å². The molecule has 11 aromatic carbocycles. The van der Waals surface area contributed by atoms with Gasteiger partial charge in [0, 0.05) is 65.9 Å². The number of hydrogen-bond donors (Lipinski definition) is 0. The van der Waals surface area contributed by atoms with Gasteiger partial charge in [-0.2, -0.15) is 0 Å². The van der Waals surface area contributed by atoms with E-state index in [-0.39, 0.29) is 10.8 Å². The molecule has 364 valence electrons. The summed E-state index contributed by atoms with van der Waals surface area (Å²) in [6, 6.07) is 85.7. The van der Waals surface area contributed by atoms with Crippen molar-refractivity contribution in [2.75, 3.05) is 9.80 Å². The van der Waals surface area contributed by atoms with Crippen LogP contribution in [0.1, 0.15) is 49.9 Å². The van der Waals surface area contributed by atoms with Crippen molar-refractivity contribution in [2.45, 2.75) is 38.5 Å². The number of furan rings is 1. The van der Waals surface area contributed by atoms with E-state index in [0.29, 0.717) is 0 Å². The third-order valence-corrected chi connectivity index (χ3v) is 17.8. The van der Waals surface area contributed by atoms with E-state index < -0.39 is 0 Å². The second-order valence-corrected chi connectivity index (χ2v) is 22.4. The van der Waals surface area contributed by atoms with E-state index in [1.165, 1.54) is 88.1 Å². The van der Waals surface area contributed by atoms with Crippen molar-refractivity contribution in [1.82, 2.24) is 8.80 Å². The summed E-state index contributed by atoms with van der Waals surface area (Å²) in [7, 11) is 0. The lowest BCUT2D eigenvalue weighted by Gasteiger charge is -2.29. The van der Waals surface area contributed by atoms with Crippen LogP contribution in [-0.2, 0) is 10.8 Å². The van der Waals surface area contributed by atoms with Gasteiger partial charge in [0.2, 0.25) is 0 Å². The van der Waals surface area contributed by atoms with Gasteiger partial charge in [-0.3, -0.25) is 0 Å². The lowest BCUT2D eigenvalue weighted by molar-refractivity contribution is 0.660. The summed E-state index contributed by atoms with van der Waals surface area (Å²) in [6.07, 6.45) is 0. The molecule has 0 radical (unpaired) electrons. The van der Waals surface area contributed by atoms with Gasteiger partial charge in [0.1, 0.15) is 11.2 Å². The fourth-order valence-electron chi connectivity index (χ4n) is 14.3. The molecule has 4 heterocycles. The highest BCUT2D eigenvalue weighted by Crippen LogP contribution is 2.55. The van der Waals surface area contributed by atoms with Gasteiger partial charge in [-0.25, -0.2) is 0 Å². The van der Waals surface area contributed by atoms with Crippen LogP contribution in [0.15, 0.2) is 235 Å². The molecule has 0 fully saturated rings. The summed E-state index contributed by atoms with van der Waals surface area (Å²) < 4.78 is 11.6. The van der Waals surface area contributed by atoms with Crippen LogP contribution in [0.3, 0.4) is 0 Å². The van der Waals surface area contributed by atoms with Gasteiger partial charge in [0.05, 0.1) is 44.5 Å². The van der Waals surface area contributed by atoms with E-state index in [1.54, 1.807) is 0 Å². The van der Waals surface area contributed by atoms with Crippen LogP contribution in [0.2, 0.25) is 0 Å². The molecular formula is C72H50N4O. The molecule has 5 heteroatoms. The number of para-hydroxylation sites is 4. The molecule has 0 saturated carbocycles. The second kappa shape index (κ2) is 15.1. The first-order chi connectivity index (χ1) is 37.7. The van der Waals surface area contributed by atoms with Crippen molar-refractivity contribution in [3.05, 3.63) is 253 Å². The van der Waals surface area contributed by atoms with Crippen LogP contribution in [-0.4, -0.2) is 8.80 Å². The molecule has 2 aliphatic carbocycles. The second-order valence-electron chi connectivity index (χ2n) is 22.4. The maximum Gasteiger partial charge on any atom is 0.135 e. The predicted molar refractivity (Wildman–Crippen MR) is 321 cm³/mol. The molecule has 77 heavy (non-hydrogen) atoms. The minimum atomic E-state index is -0.184. The van der Waals surface area contributed by atoms with Gasteiger partial charge in [0.15, 0.2) is 0 Å². The van der Waals surface area contributed by atoms with Crippen molar-refractivity contribution < 1.29 is 4.42 Å². The van der Waals surface area contributed by atoms with Crippen molar-refractivity contribution in [3.63, 3.8) is 0 Å². The Bertz CT molecular complexity index is 5010. The molecule has 5 nitrogen and oxygen atoms in total. The van der Waals surface area contributed by atoms with E-state index in [4.69, 9.17) is 4.42 Å². The molecule has 0 amide bonds. The van der Waals surface area contributed by atoms with Crippen molar-refractivity contribution in [2.24, 2.45) is 0 Å². The third-order valence-electron chi connectivity index (χ3n) is 17.8. The summed E-state index contributed by atoms with van der Waals surface area (Å²) in [5.74, 6) is 0. The van der Waals surface area contributed by atoms with E-state index in [0.717, 1.165) is 67.1 Å². The fraction of sp³-hybridized carbons (Fsp3) is 0.0833. The van der Waals surface area contributed by atoms with Crippen LogP contribution in [0.25, 0.3) is 98.8 Å². The fourth-order valence-corrected chi connectivity index (χ4v) is 14.3. The Morgan fingerprint density at radius 2 is 0.740 bits per heavy atom.